The minimum Gasteiger partial charge on any atom is -0.354 e. The first-order chi connectivity index (χ1) is 24.0. The summed E-state index contributed by atoms with van der Waals surface area (Å²) in [5.41, 5.74) is -1.24. The van der Waals surface area contributed by atoms with E-state index in [-0.39, 0.29) is 55.7 Å². The highest BCUT2D eigenvalue weighted by Gasteiger charge is 2.23. The Kier molecular flexibility index (Phi) is 7.10. The zero-order valence-electron chi connectivity index (χ0n) is 24.9. The Morgan fingerprint density at radius 3 is 1.10 bits per heavy atom. The van der Waals surface area contributed by atoms with Crippen LogP contribution in [0.5, 0.6) is 0 Å². The lowest BCUT2D eigenvalue weighted by atomic mass is 10.0. The number of aromatic amines is 3. The molecule has 8 bridgehead atoms. The molecule has 4 nitrogen and oxygen atoms in total. The van der Waals surface area contributed by atoms with Crippen LogP contribution >= 0.6 is 0 Å². The van der Waals surface area contributed by atoms with Crippen LogP contribution in [0.25, 0.3) is 78.6 Å². The summed E-state index contributed by atoms with van der Waals surface area (Å²) in [5.74, 6) is -12.0. The Bertz CT molecular complexity index is 2720. The molecular formula is C37H17F9N4. The minimum atomic E-state index is -1.52. The molecular weight excluding hydrogens is 671 g/mol. The average Bonchev–Trinajstić information content (AvgIpc) is 3.89. The third-order valence-corrected chi connectivity index (χ3v) is 8.36. The molecule has 3 N–H and O–H groups in total. The first-order valence-electron chi connectivity index (χ1n) is 14.8. The lowest BCUT2D eigenvalue weighted by Crippen LogP contribution is -1.95. The van der Waals surface area contributed by atoms with E-state index >= 15 is 13.2 Å². The maximum absolute atomic E-state index is 15.5. The standard InChI is InChI=1S/C37H17F9N4/c38-15-9-18(35(44)21(41)12-15)32-26-3-1-24(47-26)25-2-4-27(48-25)33(19-10-16(39)13-22(42)36(19)45)29-6-8-31(50-29)34(30-7-5-28(32)49-30)20-11-17(40)14-23(43)37(20)46/h1-14,47,49-50H. The van der Waals surface area contributed by atoms with E-state index in [4.69, 9.17) is 0 Å². The maximum Gasteiger partial charge on any atom is 0.167 e. The largest absolute Gasteiger partial charge is 0.354 e. The molecule has 1 aliphatic heterocycles. The molecule has 0 atom stereocenters. The van der Waals surface area contributed by atoms with Crippen LogP contribution in [0.4, 0.5) is 39.5 Å². The van der Waals surface area contributed by atoms with Crippen LogP contribution < -0.4 is 0 Å². The second-order valence-corrected chi connectivity index (χ2v) is 11.4. The molecule has 0 fully saturated rings. The van der Waals surface area contributed by atoms with Gasteiger partial charge in [-0.05, 0) is 66.7 Å². The molecule has 5 heterocycles. The Balaban J connectivity index is 1.61. The van der Waals surface area contributed by atoms with Crippen molar-refractivity contribution in [1.29, 1.82) is 0 Å². The lowest BCUT2D eigenvalue weighted by Gasteiger charge is -2.08. The number of nitrogens with zero attached hydrogens (tertiary/aromatic N) is 1. The number of halogens is 9. The van der Waals surface area contributed by atoms with E-state index in [2.05, 4.69) is 19.9 Å². The van der Waals surface area contributed by atoms with Crippen LogP contribution in [-0.4, -0.2) is 19.9 Å². The fourth-order valence-corrected chi connectivity index (χ4v) is 6.22. The predicted octanol–water partition coefficient (Wildman–Crippen LogP) is 10.9. The molecule has 0 saturated carbocycles. The van der Waals surface area contributed by atoms with Gasteiger partial charge in [0.05, 0.1) is 16.9 Å². The molecule has 8 rings (SSSR count). The molecule has 0 spiro atoms. The zero-order valence-corrected chi connectivity index (χ0v) is 24.9. The topological polar surface area (TPSA) is 60.3 Å². The molecule has 13 heteroatoms. The minimum absolute atomic E-state index is 0.00797. The molecule has 0 radical (unpaired) electrons. The van der Waals surface area contributed by atoms with Crippen LogP contribution in [0.3, 0.4) is 0 Å². The molecule has 1 aliphatic rings. The van der Waals surface area contributed by atoms with Gasteiger partial charge in [0.2, 0.25) is 0 Å². The van der Waals surface area contributed by atoms with E-state index in [1.807, 2.05) is 0 Å². The smallest absolute Gasteiger partial charge is 0.167 e. The van der Waals surface area contributed by atoms with Crippen LogP contribution in [0.1, 0.15) is 11.4 Å². The molecule has 7 aromatic rings. The van der Waals surface area contributed by atoms with Crippen LogP contribution in [0.2, 0.25) is 0 Å². The number of hydrogen-bond donors (Lipinski definition) is 3. The quantitative estimate of drug-likeness (QED) is 0.126. The van der Waals surface area contributed by atoms with Crippen LogP contribution in [0, 0.1) is 52.4 Å². The van der Waals surface area contributed by atoms with E-state index in [9.17, 15) is 26.3 Å². The molecule has 3 aromatic carbocycles. The predicted molar refractivity (Wildman–Crippen MR) is 171 cm³/mol. The lowest BCUT2D eigenvalue weighted by molar-refractivity contribution is 0.497. The van der Waals surface area contributed by atoms with Gasteiger partial charge in [-0.1, -0.05) is 0 Å². The van der Waals surface area contributed by atoms with Crippen molar-refractivity contribution < 1.29 is 39.5 Å². The van der Waals surface area contributed by atoms with Gasteiger partial charge in [0.15, 0.2) is 34.9 Å². The van der Waals surface area contributed by atoms with Gasteiger partial charge in [-0.25, -0.2) is 44.5 Å². The van der Waals surface area contributed by atoms with Crippen molar-refractivity contribution in [1.82, 2.24) is 19.9 Å². The number of H-pyrrole nitrogens is 3. The Morgan fingerprint density at radius 1 is 0.360 bits per heavy atom. The Morgan fingerprint density at radius 2 is 0.680 bits per heavy atom. The summed E-state index contributed by atoms with van der Waals surface area (Å²) in [5, 5.41) is 0. The summed E-state index contributed by atoms with van der Waals surface area (Å²) in [6.07, 6.45) is 2.94. The summed E-state index contributed by atoms with van der Waals surface area (Å²) < 4.78 is 134. The van der Waals surface area contributed by atoms with Crippen LogP contribution in [0.15, 0.2) is 72.8 Å². The van der Waals surface area contributed by atoms with Crippen molar-refractivity contribution in [3.8, 4) is 33.4 Å². The van der Waals surface area contributed by atoms with Crippen molar-refractivity contribution in [2.24, 2.45) is 0 Å². The fourth-order valence-electron chi connectivity index (χ4n) is 6.22. The van der Waals surface area contributed by atoms with Crippen molar-refractivity contribution in [3.63, 3.8) is 0 Å². The van der Waals surface area contributed by atoms with Crippen molar-refractivity contribution >= 4 is 45.3 Å². The maximum atomic E-state index is 15.5. The highest BCUT2D eigenvalue weighted by atomic mass is 19.2. The number of benzene rings is 3. The Labute approximate surface area is 274 Å². The summed E-state index contributed by atoms with van der Waals surface area (Å²) >= 11 is 0. The highest BCUT2D eigenvalue weighted by Crippen LogP contribution is 2.39. The van der Waals surface area contributed by atoms with Crippen molar-refractivity contribution in [2.45, 2.75) is 0 Å². The number of hydrogen-bond acceptors (Lipinski definition) is 1. The summed E-state index contributed by atoms with van der Waals surface area (Å²) in [4.78, 5) is 13.5. The summed E-state index contributed by atoms with van der Waals surface area (Å²) in [6, 6.07) is 11.8. The van der Waals surface area contributed by atoms with Gasteiger partial charge in [0, 0.05) is 79.2 Å². The molecule has 0 amide bonds. The third-order valence-electron chi connectivity index (χ3n) is 8.36. The van der Waals surface area contributed by atoms with E-state index in [0.717, 1.165) is 18.2 Å². The summed E-state index contributed by atoms with van der Waals surface area (Å²) in [6.45, 7) is 0. The van der Waals surface area contributed by atoms with E-state index in [1.54, 1.807) is 0 Å². The molecule has 0 unspecified atom stereocenters. The van der Waals surface area contributed by atoms with Crippen LogP contribution in [-0.2, 0) is 0 Å². The van der Waals surface area contributed by atoms with E-state index in [1.165, 1.54) is 48.6 Å². The van der Waals surface area contributed by atoms with Gasteiger partial charge in [0.25, 0.3) is 0 Å². The number of rotatable bonds is 3. The summed E-state index contributed by atoms with van der Waals surface area (Å²) in [7, 11) is 0. The number of fused-ring (bicyclic) bond motifs is 9. The average molecular weight is 689 g/mol. The zero-order chi connectivity index (χ0) is 35.0. The van der Waals surface area contributed by atoms with Gasteiger partial charge in [0.1, 0.15) is 17.5 Å². The van der Waals surface area contributed by atoms with E-state index < -0.39 is 69.0 Å². The molecule has 4 aromatic heterocycles. The third kappa shape index (κ3) is 5.00. The highest BCUT2D eigenvalue weighted by molar-refractivity contribution is 6.00. The van der Waals surface area contributed by atoms with E-state index in [0.29, 0.717) is 23.7 Å². The number of aromatic nitrogens is 4. The second-order valence-electron chi connectivity index (χ2n) is 11.4. The fraction of sp³-hybridized carbons (Fsp3) is 0. The van der Waals surface area contributed by atoms with Gasteiger partial charge >= 0.3 is 0 Å². The second kappa shape index (κ2) is 11.4. The first-order valence-corrected chi connectivity index (χ1v) is 14.8. The van der Waals surface area contributed by atoms with Gasteiger partial charge < -0.3 is 15.0 Å². The van der Waals surface area contributed by atoms with Gasteiger partial charge in [-0.3, -0.25) is 0 Å². The van der Waals surface area contributed by atoms with Gasteiger partial charge in [-0.15, -0.1) is 0 Å². The molecule has 248 valence electrons. The van der Waals surface area contributed by atoms with Crippen molar-refractivity contribution in [3.05, 3.63) is 137 Å². The molecule has 50 heavy (non-hydrogen) atoms. The Hall–Kier alpha value is -6.24. The molecule has 0 aliphatic carbocycles. The molecule has 0 saturated heterocycles. The van der Waals surface area contributed by atoms with Crippen molar-refractivity contribution in [2.75, 3.05) is 0 Å². The first kappa shape index (κ1) is 31.1. The van der Waals surface area contributed by atoms with Gasteiger partial charge in [-0.2, -0.15) is 0 Å². The SMILES string of the molecule is Fc1cc(F)c(F)c(-c2c3nc(c4ccc([nH]4)c(-c4cc(F)cc(F)c4F)c4ccc([nH]4)c(-c4cc(F)cc(F)c4F)c4ccc2[nH]4)C=C3)c1. The normalized spacial score (nSPS) is 12.0. The monoisotopic (exact) mass is 688 g/mol. The number of nitrogens with one attached hydrogen (secondary N) is 3.